The fraction of sp³-hybridized carbons (Fsp3) is 0.333. The molecule has 2 atom stereocenters. The quantitative estimate of drug-likeness (QED) is 0.516. The fourth-order valence-corrected chi connectivity index (χ4v) is 3.88. The van der Waals surface area contributed by atoms with E-state index < -0.39 is 23.6 Å². The maximum Gasteiger partial charge on any atom is 0.417 e. The summed E-state index contributed by atoms with van der Waals surface area (Å²) in [7, 11) is 0. The lowest BCUT2D eigenvalue weighted by molar-refractivity contribution is -0.132. The molecule has 2 aromatic carbocycles. The number of benzene rings is 2. The third kappa shape index (κ3) is 5.13. The van der Waals surface area contributed by atoms with Crippen LogP contribution in [0.4, 0.5) is 4.79 Å². The summed E-state index contributed by atoms with van der Waals surface area (Å²) in [5, 5.41) is 10.7. The summed E-state index contributed by atoms with van der Waals surface area (Å²) in [5.41, 5.74) is 7.91. The van der Waals surface area contributed by atoms with E-state index >= 15 is 0 Å². The van der Waals surface area contributed by atoms with E-state index in [1.54, 1.807) is 6.92 Å². The molecule has 2 amide bonds. The number of para-hydroxylation sites is 1. The van der Waals surface area contributed by atoms with Crippen LogP contribution < -0.4 is 5.73 Å². The second kappa shape index (κ2) is 9.76. The number of nitrogens with zero attached hydrogens (tertiary/aromatic N) is 1. The van der Waals surface area contributed by atoms with Gasteiger partial charge in [0.1, 0.15) is 6.10 Å². The smallest absolute Gasteiger partial charge is 0.417 e. The number of nitrogens with two attached hydrogens (primary N) is 1. The topological polar surface area (TPSA) is 109 Å². The molecule has 3 rings (SSSR count). The Morgan fingerprint density at radius 1 is 1.16 bits per heavy atom. The van der Waals surface area contributed by atoms with Gasteiger partial charge in [-0.2, -0.15) is 0 Å². The zero-order chi connectivity index (χ0) is 22.4. The maximum absolute atomic E-state index is 13.1. The van der Waals surface area contributed by atoms with E-state index in [2.05, 4.69) is 4.98 Å². The third-order valence-electron chi connectivity index (χ3n) is 5.50. The molecule has 0 saturated heterocycles. The highest BCUT2D eigenvalue weighted by Crippen LogP contribution is 2.27. The van der Waals surface area contributed by atoms with Crippen molar-refractivity contribution in [2.24, 2.45) is 5.73 Å². The van der Waals surface area contributed by atoms with Crippen molar-refractivity contribution in [1.82, 2.24) is 9.88 Å². The number of fused-ring (bicyclic) bond motifs is 1. The average molecular weight is 424 g/mol. The number of carbonyl (C=O) groups is 2. The molecule has 0 saturated carbocycles. The van der Waals surface area contributed by atoms with Gasteiger partial charge in [0, 0.05) is 37.0 Å². The number of hydrogen-bond acceptors (Lipinski definition) is 5. The predicted molar refractivity (Wildman–Crippen MR) is 119 cm³/mol. The molecule has 2 unspecified atom stereocenters. The molecule has 0 fully saturated rings. The number of aliphatic hydroxyl groups is 1. The second-order valence-electron chi connectivity index (χ2n) is 7.97. The van der Waals surface area contributed by atoms with Crippen molar-refractivity contribution in [1.29, 1.82) is 0 Å². The molecule has 0 spiro atoms. The van der Waals surface area contributed by atoms with E-state index in [9.17, 15) is 14.7 Å². The monoisotopic (exact) mass is 423 g/mol. The molecule has 0 aliphatic carbocycles. The van der Waals surface area contributed by atoms with Crippen molar-refractivity contribution < 1.29 is 19.4 Å². The molecule has 31 heavy (non-hydrogen) atoms. The number of hydrogen-bond donors (Lipinski definition) is 3. The van der Waals surface area contributed by atoms with Crippen LogP contribution >= 0.6 is 0 Å². The van der Waals surface area contributed by atoms with Gasteiger partial charge in [-0.1, -0.05) is 48.5 Å². The van der Waals surface area contributed by atoms with Gasteiger partial charge in [0.2, 0.25) is 5.91 Å². The van der Waals surface area contributed by atoms with E-state index in [4.69, 9.17) is 10.5 Å². The van der Waals surface area contributed by atoms with Crippen LogP contribution in [0.3, 0.4) is 0 Å². The first-order valence-electron chi connectivity index (χ1n) is 10.3. The van der Waals surface area contributed by atoms with Gasteiger partial charge in [-0.05, 0) is 30.5 Å². The lowest BCUT2D eigenvalue weighted by Gasteiger charge is -2.38. The number of H-pyrrole nitrogens is 1. The molecular weight excluding hydrogens is 394 g/mol. The van der Waals surface area contributed by atoms with Crippen molar-refractivity contribution in [3.05, 3.63) is 71.9 Å². The number of aliphatic hydroxyl groups excluding tert-OH is 1. The van der Waals surface area contributed by atoms with Gasteiger partial charge in [0.25, 0.3) is 0 Å². The molecule has 1 aromatic heterocycles. The number of aromatic amines is 1. The molecule has 7 heteroatoms. The standard InChI is InChI=1S/C24H29N3O4/c1-17(29)27(23(30)31-20(15-28)12-18-8-4-3-5-9-18)24(2,16-25)13-19-14-26-22-11-7-6-10-21(19)22/h3-11,14,20,26,28H,12-13,15-16,25H2,1-2H3. The van der Waals surface area contributed by atoms with Crippen LogP contribution in [0.15, 0.2) is 60.8 Å². The Kier molecular flexibility index (Phi) is 7.09. The van der Waals surface area contributed by atoms with Crippen LogP contribution in [0.1, 0.15) is 25.0 Å². The SMILES string of the molecule is CC(=O)N(C(=O)OC(CO)Cc1ccccc1)C(C)(CN)Cc1c[nH]c2ccccc12. The second-order valence-corrected chi connectivity index (χ2v) is 7.97. The zero-order valence-corrected chi connectivity index (χ0v) is 17.9. The lowest BCUT2D eigenvalue weighted by atomic mass is 9.90. The minimum absolute atomic E-state index is 0.0592. The highest BCUT2D eigenvalue weighted by Gasteiger charge is 2.40. The summed E-state index contributed by atoms with van der Waals surface area (Å²) >= 11 is 0. The van der Waals surface area contributed by atoms with Gasteiger partial charge in [-0.15, -0.1) is 0 Å². The first kappa shape index (κ1) is 22.5. The zero-order valence-electron chi connectivity index (χ0n) is 17.9. The van der Waals surface area contributed by atoms with Crippen molar-refractivity contribution in [2.75, 3.05) is 13.2 Å². The molecule has 0 aliphatic heterocycles. The minimum atomic E-state index is -0.999. The number of aromatic nitrogens is 1. The molecule has 0 radical (unpaired) electrons. The number of nitrogens with one attached hydrogen (secondary N) is 1. The Labute approximate surface area is 181 Å². The number of carbonyl (C=O) groups excluding carboxylic acids is 2. The predicted octanol–water partition coefficient (Wildman–Crippen LogP) is 3.02. The van der Waals surface area contributed by atoms with E-state index in [0.29, 0.717) is 12.8 Å². The Morgan fingerprint density at radius 2 is 1.84 bits per heavy atom. The third-order valence-corrected chi connectivity index (χ3v) is 5.50. The van der Waals surface area contributed by atoms with Crippen molar-refractivity contribution in [3.63, 3.8) is 0 Å². The highest BCUT2D eigenvalue weighted by molar-refractivity contribution is 5.92. The molecular formula is C24H29N3O4. The largest absolute Gasteiger partial charge is 0.443 e. The maximum atomic E-state index is 13.1. The van der Waals surface area contributed by atoms with Crippen molar-refractivity contribution >= 4 is 22.9 Å². The average Bonchev–Trinajstić information content (AvgIpc) is 3.16. The molecule has 1 heterocycles. The van der Waals surface area contributed by atoms with E-state index in [0.717, 1.165) is 26.9 Å². The lowest BCUT2D eigenvalue weighted by Crippen LogP contribution is -2.58. The summed E-state index contributed by atoms with van der Waals surface area (Å²) < 4.78 is 5.53. The van der Waals surface area contributed by atoms with E-state index in [-0.39, 0.29) is 13.2 Å². The van der Waals surface area contributed by atoms with Gasteiger partial charge >= 0.3 is 6.09 Å². The summed E-state index contributed by atoms with van der Waals surface area (Å²) in [6.07, 6.45) is 0.997. The van der Waals surface area contributed by atoms with Crippen LogP contribution in [-0.4, -0.2) is 51.8 Å². The van der Waals surface area contributed by atoms with Crippen LogP contribution in [-0.2, 0) is 22.4 Å². The van der Waals surface area contributed by atoms with Gasteiger partial charge in [-0.3, -0.25) is 4.79 Å². The van der Waals surface area contributed by atoms with Gasteiger partial charge in [0.15, 0.2) is 0 Å². The number of amides is 2. The van der Waals surface area contributed by atoms with Crippen LogP contribution in [0.25, 0.3) is 10.9 Å². The highest BCUT2D eigenvalue weighted by atomic mass is 16.6. The summed E-state index contributed by atoms with van der Waals surface area (Å²) in [6.45, 7) is 2.79. The van der Waals surface area contributed by atoms with E-state index in [1.165, 1.54) is 6.92 Å². The molecule has 3 aromatic rings. The van der Waals surface area contributed by atoms with Gasteiger partial charge < -0.3 is 20.6 Å². The van der Waals surface area contributed by atoms with Crippen molar-refractivity contribution in [3.8, 4) is 0 Å². The van der Waals surface area contributed by atoms with Crippen molar-refractivity contribution in [2.45, 2.75) is 38.3 Å². The number of imide groups is 1. The molecule has 7 nitrogen and oxygen atoms in total. The molecule has 0 aliphatic rings. The normalized spacial score (nSPS) is 14.1. The number of rotatable bonds is 8. The first-order valence-corrected chi connectivity index (χ1v) is 10.3. The Bertz CT molecular complexity index is 1030. The summed E-state index contributed by atoms with van der Waals surface area (Å²) in [4.78, 5) is 29.8. The van der Waals surface area contributed by atoms with Crippen LogP contribution in [0.2, 0.25) is 0 Å². The molecule has 164 valence electrons. The fourth-order valence-electron chi connectivity index (χ4n) is 3.88. The minimum Gasteiger partial charge on any atom is -0.443 e. The summed E-state index contributed by atoms with van der Waals surface area (Å²) in [6, 6.07) is 17.2. The first-order chi connectivity index (χ1) is 14.9. The van der Waals surface area contributed by atoms with Gasteiger partial charge in [0.05, 0.1) is 12.1 Å². The Hall–Kier alpha value is -3.16. The number of ether oxygens (including phenoxy) is 1. The van der Waals surface area contributed by atoms with Crippen LogP contribution in [0.5, 0.6) is 0 Å². The Morgan fingerprint density at radius 3 is 2.48 bits per heavy atom. The van der Waals surface area contributed by atoms with Crippen LogP contribution in [0, 0.1) is 0 Å². The molecule has 4 N–H and O–H groups in total. The summed E-state index contributed by atoms with van der Waals surface area (Å²) in [5.74, 6) is -0.464. The van der Waals surface area contributed by atoms with E-state index in [1.807, 2.05) is 60.8 Å². The Balaban J connectivity index is 1.82. The molecule has 0 bridgehead atoms. The van der Waals surface area contributed by atoms with Gasteiger partial charge in [-0.25, -0.2) is 9.69 Å².